The summed E-state index contributed by atoms with van der Waals surface area (Å²) >= 11 is 0. The molecule has 0 aliphatic heterocycles. The molecule has 0 spiro atoms. The van der Waals surface area contributed by atoms with E-state index in [0.29, 0.717) is 0 Å². The van der Waals surface area contributed by atoms with Gasteiger partial charge in [-0.25, -0.2) is 0 Å². The number of carbonyl (C=O) groups excluding carboxylic acids is 1. The van der Waals surface area contributed by atoms with Crippen molar-refractivity contribution in [2.45, 2.75) is 26.8 Å². The van der Waals surface area contributed by atoms with Gasteiger partial charge in [0.05, 0.1) is 0 Å². The fourth-order valence-corrected chi connectivity index (χ4v) is 3.73. The first-order valence-electron chi connectivity index (χ1n) is 9.54. The van der Waals surface area contributed by atoms with Gasteiger partial charge in [-0.15, -0.1) is 0 Å². The Morgan fingerprint density at radius 1 is 0.964 bits per heavy atom. The Labute approximate surface area is 164 Å². The molecule has 1 N–H and O–H groups in total. The summed E-state index contributed by atoms with van der Waals surface area (Å²) in [7, 11) is 0. The number of nitrogens with zero attached hydrogens (tertiary/aromatic N) is 2. The number of aryl methyl sites for hydroxylation is 2. The molecule has 4 nitrogen and oxygen atoms in total. The molecule has 0 unspecified atom stereocenters. The van der Waals surface area contributed by atoms with Crippen LogP contribution in [-0.4, -0.2) is 15.5 Å². The summed E-state index contributed by atoms with van der Waals surface area (Å²) in [6.45, 7) is 4.83. The Hall–Kier alpha value is -3.40. The first kappa shape index (κ1) is 18.0. The molecule has 0 aliphatic rings. The summed E-state index contributed by atoms with van der Waals surface area (Å²) in [5, 5.41) is 4.18. The van der Waals surface area contributed by atoms with E-state index in [1.54, 1.807) is 12.4 Å². The topological polar surface area (TPSA) is 46.9 Å². The van der Waals surface area contributed by atoms with Crippen LogP contribution in [0.2, 0.25) is 0 Å². The average molecular weight is 369 g/mol. The number of aromatic nitrogens is 2. The molecule has 28 heavy (non-hydrogen) atoms. The van der Waals surface area contributed by atoms with Crippen molar-refractivity contribution in [2.75, 3.05) is 5.32 Å². The maximum absolute atomic E-state index is 13.0. The van der Waals surface area contributed by atoms with Crippen LogP contribution in [0.15, 0.2) is 73.1 Å². The van der Waals surface area contributed by atoms with Gasteiger partial charge in [0.25, 0.3) is 5.91 Å². The van der Waals surface area contributed by atoms with E-state index in [0.717, 1.165) is 40.8 Å². The van der Waals surface area contributed by atoms with E-state index in [-0.39, 0.29) is 5.91 Å². The van der Waals surface area contributed by atoms with Crippen LogP contribution in [0.3, 0.4) is 0 Å². The largest absolute Gasteiger partial charge is 0.337 e. The number of rotatable bonds is 5. The van der Waals surface area contributed by atoms with Gasteiger partial charge in [0.1, 0.15) is 5.69 Å². The molecule has 0 fully saturated rings. The van der Waals surface area contributed by atoms with Gasteiger partial charge in [-0.05, 0) is 67.3 Å². The van der Waals surface area contributed by atoms with Crippen molar-refractivity contribution < 1.29 is 4.79 Å². The monoisotopic (exact) mass is 369 g/mol. The van der Waals surface area contributed by atoms with Gasteiger partial charge in [0.2, 0.25) is 0 Å². The number of fused-ring (bicyclic) bond motifs is 1. The standard InChI is InChI=1S/C24H23N3O/c1-3-27-22-7-5-4-6-21(22)17(2)23(27)24(28)26-20-10-8-18(9-11-20)16-19-12-14-25-15-13-19/h4-15H,3,16H2,1-2H3,(H,26,28). The summed E-state index contributed by atoms with van der Waals surface area (Å²) in [6, 6.07) is 20.2. The third-order valence-electron chi connectivity index (χ3n) is 5.12. The predicted octanol–water partition coefficient (Wildman–Crippen LogP) is 5.21. The molecule has 4 aromatic rings. The molecule has 0 atom stereocenters. The molecule has 4 heteroatoms. The highest BCUT2D eigenvalue weighted by Gasteiger charge is 2.19. The Morgan fingerprint density at radius 2 is 1.64 bits per heavy atom. The molecule has 0 bridgehead atoms. The number of benzene rings is 2. The van der Waals surface area contributed by atoms with Crippen LogP contribution in [0.1, 0.15) is 34.1 Å². The summed E-state index contributed by atoms with van der Waals surface area (Å²) in [6.07, 6.45) is 4.46. The van der Waals surface area contributed by atoms with Crippen molar-refractivity contribution in [2.24, 2.45) is 0 Å². The second-order valence-corrected chi connectivity index (χ2v) is 6.92. The summed E-state index contributed by atoms with van der Waals surface area (Å²) in [5.41, 5.74) is 6.06. The minimum Gasteiger partial charge on any atom is -0.337 e. The molecule has 4 rings (SSSR count). The van der Waals surface area contributed by atoms with E-state index in [1.807, 2.05) is 43.3 Å². The number of anilines is 1. The van der Waals surface area contributed by atoms with Gasteiger partial charge in [-0.1, -0.05) is 30.3 Å². The van der Waals surface area contributed by atoms with Gasteiger partial charge in [-0.2, -0.15) is 0 Å². The van der Waals surface area contributed by atoms with E-state index in [4.69, 9.17) is 0 Å². The number of carbonyl (C=O) groups is 1. The maximum atomic E-state index is 13.0. The Morgan fingerprint density at radius 3 is 2.36 bits per heavy atom. The number of para-hydroxylation sites is 1. The zero-order valence-corrected chi connectivity index (χ0v) is 16.1. The zero-order valence-electron chi connectivity index (χ0n) is 16.1. The smallest absolute Gasteiger partial charge is 0.272 e. The van der Waals surface area contributed by atoms with Crippen LogP contribution < -0.4 is 5.32 Å². The fourth-order valence-electron chi connectivity index (χ4n) is 3.73. The summed E-state index contributed by atoms with van der Waals surface area (Å²) in [4.78, 5) is 17.1. The third kappa shape index (κ3) is 3.41. The van der Waals surface area contributed by atoms with Crippen molar-refractivity contribution in [3.05, 3.63) is 95.4 Å². The molecular formula is C24H23N3O. The summed E-state index contributed by atoms with van der Waals surface area (Å²) < 4.78 is 2.08. The fraction of sp³-hybridized carbons (Fsp3) is 0.167. The van der Waals surface area contributed by atoms with Crippen molar-refractivity contribution >= 4 is 22.5 Å². The molecule has 140 valence electrons. The highest BCUT2D eigenvalue weighted by atomic mass is 16.2. The van der Waals surface area contributed by atoms with E-state index >= 15 is 0 Å². The molecule has 2 aromatic carbocycles. The quantitative estimate of drug-likeness (QED) is 0.525. The molecule has 0 saturated carbocycles. The molecule has 2 aromatic heterocycles. The van der Waals surface area contributed by atoms with Crippen molar-refractivity contribution in [1.82, 2.24) is 9.55 Å². The first-order valence-corrected chi connectivity index (χ1v) is 9.54. The lowest BCUT2D eigenvalue weighted by molar-refractivity contribution is 0.101. The van der Waals surface area contributed by atoms with E-state index in [1.165, 1.54) is 11.1 Å². The van der Waals surface area contributed by atoms with Gasteiger partial charge >= 0.3 is 0 Å². The van der Waals surface area contributed by atoms with Crippen LogP contribution in [-0.2, 0) is 13.0 Å². The maximum Gasteiger partial charge on any atom is 0.272 e. The minimum absolute atomic E-state index is 0.0718. The number of amides is 1. The minimum atomic E-state index is -0.0718. The van der Waals surface area contributed by atoms with Gasteiger partial charge < -0.3 is 9.88 Å². The Bertz CT molecular complexity index is 1110. The average Bonchev–Trinajstić information content (AvgIpc) is 3.02. The predicted molar refractivity (Wildman–Crippen MR) is 114 cm³/mol. The van der Waals surface area contributed by atoms with Crippen molar-refractivity contribution in [3.63, 3.8) is 0 Å². The summed E-state index contributed by atoms with van der Waals surface area (Å²) in [5.74, 6) is -0.0718. The molecule has 0 aliphatic carbocycles. The Balaban J connectivity index is 1.56. The lowest BCUT2D eigenvalue weighted by atomic mass is 10.1. The van der Waals surface area contributed by atoms with Crippen LogP contribution in [0.4, 0.5) is 5.69 Å². The second-order valence-electron chi connectivity index (χ2n) is 6.92. The molecule has 1 amide bonds. The van der Waals surface area contributed by atoms with Gasteiger partial charge in [0, 0.05) is 35.5 Å². The van der Waals surface area contributed by atoms with Crippen LogP contribution in [0.25, 0.3) is 10.9 Å². The van der Waals surface area contributed by atoms with E-state index in [9.17, 15) is 4.79 Å². The molecule has 2 heterocycles. The number of hydrogen-bond acceptors (Lipinski definition) is 2. The van der Waals surface area contributed by atoms with Gasteiger partial charge in [0.15, 0.2) is 0 Å². The normalized spacial score (nSPS) is 10.9. The number of pyridine rings is 1. The number of hydrogen-bond donors (Lipinski definition) is 1. The highest BCUT2D eigenvalue weighted by Crippen LogP contribution is 2.26. The molecular weight excluding hydrogens is 346 g/mol. The van der Waals surface area contributed by atoms with Crippen LogP contribution in [0.5, 0.6) is 0 Å². The third-order valence-corrected chi connectivity index (χ3v) is 5.12. The SMILES string of the molecule is CCn1c(C(=O)Nc2ccc(Cc3ccncc3)cc2)c(C)c2ccccc21. The van der Waals surface area contributed by atoms with Gasteiger partial charge in [-0.3, -0.25) is 9.78 Å². The van der Waals surface area contributed by atoms with E-state index < -0.39 is 0 Å². The second kappa shape index (κ2) is 7.69. The van der Waals surface area contributed by atoms with E-state index in [2.05, 4.69) is 46.1 Å². The van der Waals surface area contributed by atoms with Crippen LogP contribution in [0, 0.1) is 6.92 Å². The van der Waals surface area contributed by atoms with Crippen LogP contribution >= 0.6 is 0 Å². The van der Waals surface area contributed by atoms with Crippen molar-refractivity contribution in [3.8, 4) is 0 Å². The molecule has 0 radical (unpaired) electrons. The zero-order chi connectivity index (χ0) is 19.5. The number of nitrogens with one attached hydrogen (secondary N) is 1. The lowest BCUT2D eigenvalue weighted by Gasteiger charge is -2.10. The lowest BCUT2D eigenvalue weighted by Crippen LogP contribution is -2.17. The van der Waals surface area contributed by atoms with Crippen molar-refractivity contribution in [1.29, 1.82) is 0 Å². The Kier molecular flexibility index (Phi) is 4.94. The highest BCUT2D eigenvalue weighted by molar-refractivity contribution is 6.08. The molecule has 0 saturated heterocycles. The first-order chi connectivity index (χ1) is 13.7.